The molecule has 0 saturated carbocycles. The van der Waals surface area contributed by atoms with E-state index < -0.39 is 0 Å². The van der Waals surface area contributed by atoms with Crippen LogP contribution in [-0.4, -0.2) is 50.1 Å². The molecule has 112 valence electrons. The summed E-state index contributed by atoms with van der Waals surface area (Å²) in [6.07, 6.45) is 0. The zero-order chi connectivity index (χ0) is 15.3. The maximum Gasteiger partial charge on any atom is 0.253 e. The molecule has 1 N–H and O–H groups in total. The van der Waals surface area contributed by atoms with Crippen molar-refractivity contribution in [1.29, 1.82) is 0 Å². The van der Waals surface area contributed by atoms with Gasteiger partial charge in [-0.1, -0.05) is 20.8 Å². The third-order valence-electron chi connectivity index (χ3n) is 3.07. The van der Waals surface area contributed by atoms with E-state index in [9.17, 15) is 4.79 Å². The molecule has 5 heteroatoms. The Labute approximate surface area is 121 Å². The average Bonchev–Trinajstić information content (AvgIpc) is 2.42. The first-order valence-electron chi connectivity index (χ1n) is 6.74. The van der Waals surface area contributed by atoms with Crippen LogP contribution < -0.4 is 5.32 Å². The van der Waals surface area contributed by atoms with Gasteiger partial charge in [-0.3, -0.25) is 4.79 Å². The van der Waals surface area contributed by atoms with Gasteiger partial charge in [-0.15, -0.1) is 0 Å². The van der Waals surface area contributed by atoms with Crippen molar-refractivity contribution in [2.24, 2.45) is 0 Å². The molecule has 0 bridgehead atoms. The SMILES string of the molecule is CNc1cc(C(=O)N(C)CCOC)cc(C(C)(C)C)n1. The lowest BCUT2D eigenvalue weighted by atomic mass is 9.90. The zero-order valence-corrected chi connectivity index (χ0v) is 13.3. The van der Waals surface area contributed by atoms with E-state index >= 15 is 0 Å². The Morgan fingerprint density at radius 2 is 2.05 bits per heavy atom. The van der Waals surface area contributed by atoms with Crippen molar-refractivity contribution >= 4 is 11.7 Å². The standard InChI is InChI=1S/C15H25N3O2/c1-15(2,3)12-9-11(10-13(16-4)17-12)14(19)18(5)7-8-20-6/h9-10H,7-8H2,1-6H3,(H,16,17). The van der Waals surface area contributed by atoms with Crippen LogP contribution in [0.1, 0.15) is 36.8 Å². The van der Waals surface area contributed by atoms with Gasteiger partial charge in [-0.05, 0) is 12.1 Å². The van der Waals surface area contributed by atoms with E-state index in [1.54, 1.807) is 32.2 Å². The number of aromatic nitrogens is 1. The van der Waals surface area contributed by atoms with Crippen LogP contribution in [0.4, 0.5) is 5.82 Å². The fourth-order valence-corrected chi connectivity index (χ4v) is 1.72. The van der Waals surface area contributed by atoms with Crippen LogP contribution in [0.15, 0.2) is 12.1 Å². The van der Waals surface area contributed by atoms with E-state index in [0.717, 1.165) is 5.69 Å². The normalized spacial score (nSPS) is 11.3. The highest BCUT2D eigenvalue weighted by Gasteiger charge is 2.20. The summed E-state index contributed by atoms with van der Waals surface area (Å²) in [4.78, 5) is 18.6. The molecule has 0 aliphatic heterocycles. The lowest BCUT2D eigenvalue weighted by molar-refractivity contribution is 0.0744. The Hall–Kier alpha value is -1.62. The third kappa shape index (κ3) is 4.20. The minimum atomic E-state index is -0.104. The quantitative estimate of drug-likeness (QED) is 0.897. The maximum absolute atomic E-state index is 12.4. The molecule has 0 atom stereocenters. The molecule has 0 aliphatic carbocycles. The van der Waals surface area contributed by atoms with Gasteiger partial charge in [-0.2, -0.15) is 0 Å². The number of carbonyl (C=O) groups is 1. The van der Waals surface area contributed by atoms with E-state index in [2.05, 4.69) is 31.1 Å². The molecule has 20 heavy (non-hydrogen) atoms. The van der Waals surface area contributed by atoms with Gasteiger partial charge < -0.3 is 15.0 Å². The number of likely N-dealkylation sites (N-methyl/N-ethyl adjacent to an activating group) is 1. The van der Waals surface area contributed by atoms with Crippen molar-refractivity contribution < 1.29 is 9.53 Å². The second kappa shape index (κ2) is 6.70. The summed E-state index contributed by atoms with van der Waals surface area (Å²) in [5.74, 6) is 0.687. The van der Waals surface area contributed by atoms with Crippen molar-refractivity contribution in [3.8, 4) is 0 Å². The number of nitrogens with zero attached hydrogens (tertiary/aromatic N) is 2. The van der Waals surface area contributed by atoms with Gasteiger partial charge >= 0.3 is 0 Å². The summed E-state index contributed by atoms with van der Waals surface area (Å²) in [7, 11) is 5.21. The van der Waals surface area contributed by atoms with Crippen LogP contribution in [0.25, 0.3) is 0 Å². The number of hydrogen-bond donors (Lipinski definition) is 1. The molecule has 5 nitrogen and oxygen atoms in total. The summed E-state index contributed by atoms with van der Waals surface area (Å²) >= 11 is 0. The van der Waals surface area contributed by atoms with Crippen molar-refractivity contribution in [3.63, 3.8) is 0 Å². The predicted molar refractivity (Wildman–Crippen MR) is 81.3 cm³/mol. The van der Waals surface area contributed by atoms with Gasteiger partial charge in [0.15, 0.2) is 0 Å². The molecule has 1 heterocycles. The molecule has 0 spiro atoms. The van der Waals surface area contributed by atoms with Crippen molar-refractivity contribution in [3.05, 3.63) is 23.4 Å². The van der Waals surface area contributed by atoms with E-state index in [1.165, 1.54) is 0 Å². The highest BCUT2D eigenvalue weighted by molar-refractivity contribution is 5.95. The number of anilines is 1. The number of rotatable bonds is 5. The molecule has 0 saturated heterocycles. The predicted octanol–water partition coefficient (Wildman–Crippen LogP) is 2.14. The first-order chi connectivity index (χ1) is 9.29. The molecule has 1 amide bonds. The molecule has 0 unspecified atom stereocenters. The van der Waals surface area contributed by atoms with Gasteiger partial charge in [-0.25, -0.2) is 4.98 Å². The molecule has 0 aromatic carbocycles. The number of nitrogens with one attached hydrogen (secondary N) is 1. The van der Waals surface area contributed by atoms with Crippen LogP contribution in [0.2, 0.25) is 0 Å². The number of ether oxygens (including phenoxy) is 1. The first-order valence-corrected chi connectivity index (χ1v) is 6.74. The van der Waals surface area contributed by atoms with Crippen LogP contribution in [0.3, 0.4) is 0 Å². The summed E-state index contributed by atoms with van der Waals surface area (Å²) in [6.45, 7) is 7.34. The number of carbonyl (C=O) groups excluding carboxylic acids is 1. The average molecular weight is 279 g/mol. The van der Waals surface area contributed by atoms with Gasteiger partial charge in [0.05, 0.1) is 6.61 Å². The van der Waals surface area contributed by atoms with Gasteiger partial charge in [0, 0.05) is 44.4 Å². The smallest absolute Gasteiger partial charge is 0.253 e. The highest BCUT2D eigenvalue weighted by Crippen LogP contribution is 2.23. The van der Waals surface area contributed by atoms with Crippen LogP contribution in [0.5, 0.6) is 0 Å². The van der Waals surface area contributed by atoms with Gasteiger partial charge in [0.1, 0.15) is 5.82 Å². The van der Waals surface area contributed by atoms with Crippen molar-refractivity contribution in [2.45, 2.75) is 26.2 Å². The van der Waals surface area contributed by atoms with Gasteiger partial charge in [0.2, 0.25) is 0 Å². The molecule has 0 fully saturated rings. The summed E-state index contributed by atoms with van der Waals surface area (Å²) in [6, 6.07) is 3.65. The van der Waals surface area contributed by atoms with E-state index in [4.69, 9.17) is 4.74 Å². The Morgan fingerprint density at radius 1 is 1.40 bits per heavy atom. The first kappa shape index (κ1) is 16.4. The van der Waals surface area contributed by atoms with Crippen LogP contribution in [0, 0.1) is 0 Å². The van der Waals surface area contributed by atoms with Crippen LogP contribution in [-0.2, 0) is 10.2 Å². The fraction of sp³-hybridized carbons (Fsp3) is 0.600. The number of methoxy groups -OCH3 is 1. The van der Waals surface area contributed by atoms with E-state index in [1.807, 2.05) is 6.07 Å². The lowest BCUT2D eigenvalue weighted by Crippen LogP contribution is -2.30. The fourth-order valence-electron chi connectivity index (χ4n) is 1.72. The zero-order valence-electron chi connectivity index (χ0n) is 13.3. The Morgan fingerprint density at radius 3 is 2.55 bits per heavy atom. The van der Waals surface area contributed by atoms with Gasteiger partial charge in [0.25, 0.3) is 5.91 Å². The molecule has 0 aliphatic rings. The lowest BCUT2D eigenvalue weighted by Gasteiger charge is -2.21. The number of amides is 1. The molecule has 1 rings (SSSR count). The third-order valence-corrected chi connectivity index (χ3v) is 3.07. The van der Waals surface area contributed by atoms with E-state index in [-0.39, 0.29) is 11.3 Å². The molecular formula is C15H25N3O2. The highest BCUT2D eigenvalue weighted by atomic mass is 16.5. The largest absolute Gasteiger partial charge is 0.383 e. The van der Waals surface area contributed by atoms with Crippen molar-refractivity contribution in [2.75, 3.05) is 39.7 Å². The molecule has 1 aromatic heterocycles. The van der Waals surface area contributed by atoms with E-state index in [0.29, 0.717) is 24.5 Å². The number of pyridine rings is 1. The minimum Gasteiger partial charge on any atom is -0.383 e. The summed E-state index contributed by atoms with van der Waals surface area (Å²) in [5, 5.41) is 3.01. The minimum absolute atomic E-state index is 0.0218. The second-order valence-corrected chi connectivity index (χ2v) is 5.85. The molecular weight excluding hydrogens is 254 g/mol. The van der Waals surface area contributed by atoms with Crippen LogP contribution >= 0.6 is 0 Å². The topological polar surface area (TPSA) is 54.5 Å². The summed E-state index contributed by atoms with van der Waals surface area (Å²) < 4.78 is 5.00. The Kier molecular flexibility index (Phi) is 5.51. The Balaban J connectivity index is 3.08. The molecule has 0 radical (unpaired) electrons. The second-order valence-electron chi connectivity index (χ2n) is 5.85. The maximum atomic E-state index is 12.4. The monoisotopic (exact) mass is 279 g/mol. The molecule has 1 aromatic rings. The number of hydrogen-bond acceptors (Lipinski definition) is 4. The van der Waals surface area contributed by atoms with Crippen molar-refractivity contribution in [1.82, 2.24) is 9.88 Å². The summed E-state index contributed by atoms with van der Waals surface area (Å²) in [5.41, 5.74) is 1.44. The Bertz CT molecular complexity index is 467.